The van der Waals surface area contributed by atoms with E-state index < -0.39 is 0 Å². The highest BCUT2D eigenvalue weighted by atomic mass is 32.1. The molecule has 2 unspecified atom stereocenters. The van der Waals surface area contributed by atoms with Gasteiger partial charge < -0.3 is 10.2 Å². The fourth-order valence-corrected chi connectivity index (χ4v) is 3.42. The molecule has 0 aromatic carbocycles. The number of hydrogen-bond donors (Lipinski definition) is 1. The van der Waals surface area contributed by atoms with Gasteiger partial charge in [0.15, 0.2) is 0 Å². The zero-order chi connectivity index (χ0) is 13.0. The standard InChI is InChI=1S/C13H19N3S2/c1-10(13-8-14-9-18-13)15-7-11(16(2)3)12-5-4-6-17-12/h4-6,8-11,15H,7H2,1-3H3. The van der Waals surface area contributed by atoms with Crippen molar-refractivity contribution in [2.75, 3.05) is 20.6 Å². The highest BCUT2D eigenvalue weighted by molar-refractivity contribution is 7.10. The van der Waals surface area contributed by atoms with Gasteiger partial charge in [-0.1, -0.05) is 6.07 Å². The topological polar surface area (TPSA) is 28.2 Å². The number of nitrogens with zero attached hydrogens (tertiary/aromatic N) is 2. The van der Waals surface area contributed by atoms with Crippen LogP contribution in [0.2, 0.25) is 0 Å². The van der Waals surface area contributed by atoms with Crippen LogP contribution in [0, 0.1) is 0 Å². The lowest BCUT2D eigenvalue weighted by atomic mass is 10.2. The van der Waals surface area contributed by atoms with Gasteiger partial charge in [-0.05, 0) is 32.5 Å². The first-order valence-electron chi connectivity index (χ1n) is 6.00. The Balaban J connectivity index is 1.94. The van der Waals surface area contributed by atoms with E-state index in [9.17, 15) is 0 Å². The van der Waals surface area contributed by atoms with E-state index in [0.717, 1.165) is 6.54 Å². The van der Waals surface area contributed by atoms with Gasteiger partial charge in [-0.15, -0.1) is 22.7 Å². The van der Waals surface area contributed by atoms with Crippen molar-refractivity contribution < 1.29 is 0 Å². The smallest absolute Gasteiger partial charge is 0.0794 e. The summed E-state index contributed by atoms with van der Waals surface area (Å²) in [5.41, 5.74) is 1.89. The molecule has 0 aliphatic heterocycles. The average molecular weight is 281 g/mol. The summed E-state index contributed by atoms with van der Waals surface area (Å²) in [6.45, 7) is 3.14. The zero-order valence-electron chi connectivity index (χ0n) is 11.0. The molecule has 0 amide bonds. The van der Waals surface area contributed by atoms with E-state index in [4.69, 9.17) is 0 Å². The second-order valence-electron chi connectivity index (χ2n) is 4.53. The number of thiazole rings is 1. The Morgan fingerprint density at radius 2 is 2.17 bits per heavy atom. The van der Waals surface area contributed by atoms with Crippen LogP contribution in [-0.4, -0.2) is 30.5 Å². The second kappa shape index (κ2) is 6.43. The Kier molecular flexibility index (Phi) is 4.88. The number of rotatable bonds is 6. The Morgan fingerprint density at radius 3 is 2.72 bits per heavy atom. The Hall–Kier alpha value is -0.750. The van der Waals surface area contributed by atoms with Crippen LogP contribution in [0.3, 0.4) is 0 Å². The van der Waals surface area contributed by atoms with Crippen molar-refractivity contribution in [3.63, 3.8) is 0 Å². The third-order valence-corrected chi connectivity index (χ3v) is 4.92. The minimum Gasteiger partial charge on any atom is -0.307 e. The molecule has 3 nitrogen and oxygen atoms in total. The maximum absolute atomic E-state index is 4.13. The Bertz CT molecular complexity index is 437. The molecule has 0 saturated heterocycles. The molecule has 2 heterocycles. The van der Waals surface area contributed by atoms with Crippen molar-refractivity contribution in [2.45, 2.75) is 19.0 Å². The fraction of sp³-hybridized carbons (Fsp3) is 0.462. The molecule has 0 spiro atoms. The van der Waals surface area contributed by atoms with Gasteiger partial charge in [-0.25, -0.2) is 0 Å². The van der Waals surface area contributed by atoms with E-state index in [1.54, 1.807) is 11.3 Å². The second-order valence-corrected chi connectivity index (χ2v) is 6.43. The molecule has 1 N–H and O–H groups in total. The summed E-state index contributed by atoms with van der Waals surface area (Å²) in [6.07, 6.45) is 1.94. The first kappa shape index (κ1) is 13.7. The molecular weight excluding hydrogens is 262 g/mol. The maximum Gasteiger partial charge on any atom is 0.0794 e. The Labute approximate surface area is 116 Å². The molecule has 0 bridgehead atoms. The summed E-state index contributed by atoms with van der Waals surface area (Å²) in [5, 5.41) is 5.73. The molecule has 0 fully saturated rings. The third kappa shape index (κ3) is 3.38. The largest absolute Gasteiger partial charge is 0.307 e. The van der Waals surface area contributed by atoms with Crippen LogP contribution in [0.5, 0.6) is 0 Å². The van der Waals surface area contributed by atoms with Gasteiger partial charge in [0.05, 0.1) is 11.6 Å². The van der Waals surface area contributed by atoms with Crippen molar-refractivity contribution in [2.24, 2.45) is 0 Å². The number of hydrogen-bond acceptors (Lipinski definition) is 5. The van der Waals surface area contributed by atoms with Gasteiger partial charge in [0.1, 0.15) is 0 Å². The number of likely N-dealkylation sites (N-methyl/N-ethyl adjacent to an activating group) is 1. The summed E-state index contributed by atoms with van der Waals surface area (Å²) in [7, 11) is 4.26. The first-order chi connectivity index (χ1) is 8.68. The SMILES string of the molecule is CC(NCC(c1cccs1)N(C)C)c1cncs1. The summed E-state index contributed by atoms with van der Waals surface area (Å²) < 4.78 is 0. The quantitative estimate of drug-likeness (QED) is 0.881. The summed E-state index contributed by atoms with van der Waals surface area (Å²) in [6, 6.07) is 5.11. The van der Waals surface area contributed by atoms with Gasteiger partial charge in [0.25, 0.3) is 0 Å². The predicted octanol–water partition coefficient (Wildman–Crippen LogP) is 3.16. The van der Waals surface area contributed by atoms with Crippen molar-refractivity contribution in [1.82, 2.24) is 15.2 Å². The predicted molar refractivity (Wildman–Crippen MR) is 79.3 cm³/mol. The van der Waals surface area contributed by atoms with E-state index in [0.29, 0.717) is 12.1 Å². The van der Waals surface area contributed by atoms with Crippen LogP contribution in [0.15, 0.2) is 29.2 Å². The van der Waals surface area contributed by atoms with Gasteiger partial charge in [-0.2, -0.15) is 0 Å². The molecule has 2 aromatic rings. The number of nitrogens with one attached hydrogen (secondary N) is 1. The minimum atomic E-state index is 0.361. The van der Waals surface area contributed by atoms with E-state index in [2.05, 4.69) is 53.7 Å². The number of aromatic nitrogens is 1. The van der Waals surface area contributed by atoms with E-state index in [1.165, 1.54) is 9.75 Å². The molecule has 0 aliphatic carbocycles. The molecule has 0 saturated carbocycles. The van der Waals surface area contributed by atoms with Crippen molar-refractivity contribution >= 4 is 22.7 Å². The molecule has 98 valence electrons. The average Bonchev–Trinajstić information content (AvgIpc) is 3.01. The van der Waals surface area contributed by atoms with Crippen LogP contribution in [0.4, 0.5) is 0 Å². The third-order valence-electron chi connectivity index (χ3n) is 2.99. The van der Waals surface area contributed by atoms with Crippen molar-refractivity contribution in [3.05, 3.63) is 39.0 Å². The molecule has 2 aromatic heterocycles. The molecule has 2 rings (SSSR count). The monoisotopic (exact) mass is 281 g/mol. The van der Waals surface area contributed by atoms with Crippen molar-refractivity contribution in [3.8, 4) is 0 Å². The van der Waals surface area contributed by atoms with Gasteiger partial charge >= 0.3 is 0 Å². The minimum absolute atomic E-state index is 0.361. The zero-order valence-corrected chi connectivity index (χ0v) is 12.6. The van der Waals surface area contributed by atoms with Gasteiger partial charge in [-0.3, -0.25) is 4.98 Å². The fourth-order valence-electron chi connectivity index (χ4n) is 1.85. The first-order valence-corrected chi connectivity index (χ1v) is 7.76. The van der Waals surface area contributed by atoms with Crippen LogP contribution in [0.1, 0.15) is 28.8 Å². The molecule has 0 aliphatic rings. The van der Waals surface area contributed by atoms with Crippen molar-refractivity contribution in [1.29, 1.82) is 0 Å². The van der Waals surface area contributed by atoms with Crippen LogP contribution >= 0.6 is 22.7 Å². The lowest BCUT2D eigenvalue weighted by Gasteiger charge is -2.25. The van der Waals surface area contributed by atoms with Gasteiger partial charge in [0.2, 0.25) is 0 Å². The van der Waals surface area contributed by atoms with Gasteiger partial charge in [0, 0.05) is 28.5 Å². The lowest BCUT2D eigenvalue weighted by molar-refractivity contribution is 0.286. The molecule has 18 heavy (non-hydrogen) atoms. The highest BCUT2D eigenvalue weighted by Gasteiger charge is 2.16. The molecular formula is C13H19N3S2. The molecule has 5 heteroatoms. The summed E-state index contributed by atoms with van der Waals surface area (Å²) in [5.74, 6) is 0. The highest BCUT2D eigenvalue weighted by Crippen LogP contribution is 2.24. The van der Waals surface area contributed by atoms with E-state index in [-0.39, 0.29) is 0 Å². The normalized spacial score (nSPS) is 14.9. The summed E-state index contributed by atoms with van der Waals surface area (Å²) >= 11 is 3.52. The maximum atomic E-state index is 4.13. The Morgan fingerprint density at radius 1 is 1.33 bits per heavy atom. The van der Waals surface area contributed by atoms with E-state index in [1.807, 2.05) is 23.0 Å². The number of thiophene rings is 1. The molecule has 2 atom stereocenters. The van der Waals surface area contributed by atoms with Crippen LogP contribution in [-0.2, 0) is 0 Å². The van der Waals surface area contributed by atoms with Crippen LogP contribution in [0.25, 0.3) is 0 Å². The lowest BCUT2D eigenvalue weighted by Crippen LogP contribution is -2.31. The van der Waals surface area contributed by atoms with E-state index >= 15 is 0 Å². The summed E-state index contributed by atoms with van der Waals surface area (Å²) in [4.78, 5) is 9.08. The van der Waals surface area contributed by atoms with Crippen LogP contribution < -0.4 is 5.32 Å². The molecule has 0 radical (unpaired) electrons.